The van der Waals surface area contributed by atoms with Crippen LogP contribution in [0.4, 0.5) is 0 Å². The van der Waals surface area contributed by atoms with Crippen molar-refractivity contribution in [3.05, 3.63) is 34.9 Å². The topological polar surface area (TPSA) is 58.1 Å². The van der Waals surface area contributed by atoms with Crippen molar-refractivity contribution >= 4 is 41.5 Å². The monoisotopic (exact) mass is 526 g/mol. The van der Waals surface area contributed by atoms with Crippen LogP contribution in [0.2, 0.25) is 5.02 Å². The highest BCUT2D eigenvalue weighted by atomic mass is 127. The predicted octanol–water partition coefficient (Wildman–Crippen LogP) is 3.56. The van der Waals surface area contributed by atoms with E-state index < -0.39 is 0 Å². The minimum atomic E-state index is 0. The first-order chi connectivity index (χ1) is 13.2. The molecule has 0 aliphatic heterocycles. The molecule has 1 aromatic rings. The molecule has 0 saturated heterocycles. The van der Waals surface area contributed by atoms with E-state index in [1.165, 1.54) is 0 Å². The Hall–Kier alpha value is -0.610. The van der Waals surface area contributed by atoms with Gasteiger partial charge in [0.05, 0.1) is 19.3 Å². The summed E-state index contributed by atoms with van der Waals surface area (Å²) < 4.78 is 10.4. The van der Waals surface area contributed by atoms with E-state index in [2.05, 4.69) is 40.4 Å². The lowest BCUT2D eigenvalue weighted by Crippen LogP contribution is -2.43. The van der Waals surface area contributed by atoms with Gasteiger partial charge in [0, 0.05) is 38.9 Å². The molecule has 1 atom stereocenters. The van der Waals surface area contributed by atoms with Crippen LogP contribution in [0.1, 0.15) is 31.9 Å². The maximum Gasteiger partial charge on any atom is 0.191 e. The summed E-state index contributed by atoms with van der Waals surface area (Å²) in [4.78, 5) is 6.71. The molecule has 1 rings (SSSR count). The highest BCUT2D eigenvalue weighted by Gasteiger charge is 2.20. The summed E-state index contributed by atoms with van der Waals surface area (Å²) in [5.74, 6) is 0.788. The third kappa shape index (κ3) is 10.2. The molecular formula is C20H36ClIN4O2. The molecule has 28 heavy (non-hydrogen) atoms. The van der Waals surface area contributed by atoms with Crippen LogP contribution in [0.15, 0.2) is 29.3 Å². The standard InChI is InChI=1S/C20H35ClN4O2.HI/c1-5-25(6-2)19(17-10-7-8-11-18(17)21)16-24-20(22-3)23-12-9-13-27-15-14-26-4;/h7-8,10-11,19H,5-6,9,12-16H2,1-4H3,(H2,22,23,24);1H. The van der Waals surface area contributed by atoms with Crippen LogP contribution in [-0.2, 0) is 9.47 Å². The van der Waals surface area contributed by atoms with Crippen molar-refractivity contribution in [2.24, 2.45) is 4.99 Å². The third-order valence-corrected chi connectivity index (χ3v) is 4.74. The van der Waals surface area contributed by atoms with E-state index in [1.807, 2.05) is 18.2 Å². The summed E-state index contributed by atoms with van der Waals surface area (Å²) in [5, 5.41) is 7.56. The second-order valence-electron chi connectivity index (χ2n) is 6.10. The summed E-state index contributed by atoms with van der Waals surface area (Å²) in [5.41, 5.74) is 1.14. The molecule has 0 aliphatic rings. The van der Waals surface area contributed by atoms with Crippen LogP contribution in [0.3, 0.4) is 0 Å². The van der Waals surface area contributed by atoms with E-state index >= 15 is 0 Å². The molecule has 0 radical (unpaired) electrons. The van der Waals surface area contributed by atoms with E-state index in [-0.39, 0.29) is 30.0 Å². The number of methoxy groups -OCH3 is 1. The summed E-state index contributed by atoms with van der Waals surface area (Å²) >= 11 is 6.46. The average Bonchev–Trinajstić information content (AvgIpc) is 2.69. The van der Waals surface area contributed by atoms with E-state index in [1.54, 1.807) is 14.2 Å². The second kappa shape index (κ2) is 17.3. The smallest absolute Gasteiger partial charge is 0.191 e. The normalized spacial score (nSPS) is 12.6. The molecule has 0 saturated carbocycles. The van der Waals surface area contributed by atoms with Gasteiger partial charge in [-0.05, 0) is 31.1 Å². The van der Waals surface area contributed by atoms with Gasteiger partial charge >= 0.3 is 0 Å². The maximum absolute atomic E-state index is 6.46. The van der Waals surface area contributed by atoms with Gasteiger partial charge < -0.3 is 20.1 Å². The molecule has 162 valence electrons. The summed E-state index contributed by atoms with van der Waals surface area (Å²) in [6.07, 6.45) is 0.911. The van der Waals surface area contributed by atoms with Gasteiger partial charge in [-0.1, -0.05) is 43.6 Å². The molecule has 0 heterocycles. The molecule has 1 aromatic carbocycles. The quantitative estimate of drug-likeness (QED) is 0.178. The van der Waals surface area contributed by atoms with Crippen molar-refractivity contribution in [1.82, 2.24) is 15.5 Å². The van der Waals surface area contributed by atoms with Crippen LogP contribution in [0.5, 0.6) is 0 Å². The Bertz CT molecular complexity index is 545. The Morgan fingerprint density at radius 1 is 1.14 bits per heavy atom. The number of ether oxygens (including phenoxy) is 2. The summed E-state index contributed by atoms with van der Waals surface area (Å²) in [6.45, 7) is 9.75. The average molecular weight is 527 g/mol. The van der Waals surface area contributed by atoms with Crippen LogP contribution in [0, 0.1) is 0 Å². The molecule has 2 N–H and O–H groups in total. The van der Waals surface area contributed by atoms with Crippen molar-refractivity contribution in [3.63, 3.8) is 0 Å². The Labute approximate surface area is 192 Å². The van der Waals surface area contributed by atoms with Crippen LogP contribution < -0.4 is 10.6 Å². The molecular weight excluding hydrogens is 491 g/mol. The van der Waals surface area contributed by atoms with Crippen molar-refractivity contribution in [1.29, 1.82) is 0 Å². The molecule has 1 unspecified atom stereocenters. The second-order valence-corrected chi connectivity index (χ2v) is 6.50. The number of halogens is 2. The zero-order chi connectivity index (χ0) is 19.9. The fourth-order valence-corrected chi connectivity index (χ4v) is 3.15. The lowest BCUT2D eigenvalue weighted by Gasteiger charge is -2.31. The minimum absolute atomic E-state index is 0. The number of hydrogen-bond donors (Lipinski definition) is 2. The van der Waals surface area contributed by atoms with E-state index in [0.29, 0.717) is 19.8 Å². The first-order valence-electron chi connectivity index (χ1n) is 9.67. The van der Waals surface area contributed by atoms with Crippen molar-refractivity contribution in [2.75, 3.05) is 60.2 Å². The number of nitrogens with zero attached hydrogens (tertiary/aromatic N) is 2. The number of likely N-dealkylation sites (N-methyl/N-ethyl adjacent to an activating group) is 1. The Morgan fingerprint density at radius 2 is 1.86 bits per heavy atom. The molecule has 8 heteroatoms. The third-order valence-electron chi connectivity index (χ3n) is 4.39. The van der Waals surface area contributed by atoms with Gasteiger partial charge in [0.2, 0.25) is 0 Å². The van der Waals surface area contributed by atoms with Gasteiger partial charge in [-0.2, -0.15) is 0 Å². The van der Waals surface area contributed by atoms with E-state index in [4.69, 9.17) is 21.1 Å². The zero-order valence-corrected chi connectivity index (χ0v) is 20.6. The number of nitrogens with one attached hydrogen (secondary N) is 2. The molecule has 0 fully saturated rings. The summed E-state index contributed by atoms with van der Waals surface area (Å²) in [7, 11) is 3.46. The molecule has 0 spiro atoms. The largest absolute Gasteiger partial charge is 0.382 e. The highest BCUT2D eigenvalue weighted by molar-refractivity contribution is 14.0. The lowest BCUT2D eigenvalue weighted by molar-refractivity contribution is 0.0698. The number of benzene rings is 1. The molecule has 6 nitrogen and oxygen atoms in total. The van der Waals surface area contributed by atoms with Crippen molar-refractivity contribution < 1.29 is 9.47 Å². The fourth-order valence-electron chi connectivity index (χ4n) is 2.88. The Balaban J connectivity index is 0.00000729. The van der Waals surface area contributed by atoms with Crippen LogP contribution >= 0.6 is 35.6 Å². The first kappa shape index (κ1) is 27.4. The number of guanidine groups is 1. The molecule has 0 bridgehead atoms. The van der Waals surface area contributed by atoms with Gasteiger partial charge in [0.15, 0.2) is 5.96 Å². The van der Waals surface area contributed by atoms with Crippen molar-refractivity contribution in [2.45, 2.75) is 26.3 Å². The van der Waals surface area contributed by atoms with Gasteiger partial charge in [0.1, 0.15) is 0 Å². The zero-order valence-electron chi connectivity index (χ0n) is 17.5. The number of aliphatic imine (C=N–C) groups is 1. The van der Waals surface area contributed by atoms with Crippen molar-refractivity contribution in [3.8, 4) is 0 Å². The maximum atomic E-state index is 6.46. The molecule has 0 aromatic heterocycles. The van der Waals surface area contributed by atoms with Gasteiger partial charge in [-0.15, -0.1) is 24.0 Å². The van der Waals surface area contributed by atoms with Crippen LogP contribution in [-0.4, -0.2) is 71.0 Å². The first-order valence-corrected chi connectivity index (χ1v) is 10.0. The molecule has 0 amide bonds. The van der Waals surface area contributed by atoms with Gasteiger partial charge in [0.25, 0.3) is 0 Å². The highest BCUT2D eigenvalue weighted by Crippen LogP contribution is 2.26. The number of hydrogen-bond acceptors (Lipinski definition) is 4. The fraction of sp³-hybridized carbons (Fsp3) is 0.650. The van der Waals surface area contributed by atoms with Gasteiger partial charge in [-0.25, -0.2) is 0 Å². The number of rotatable bonds is 13. The van der Waals surface area contributed by atoms with Gasteiger partial charge in [-0.3, -0.25) is 9.89 Å². The Kier molecular flexibility index (Phi) is 16.9. The minimum Gasteiger partial charge on any atom is -0.382 e. The van der Waals surface area contributed by atoms with Crippen LogP contribution in [0.25, 0.3) is 0 Å². The summed E-state index contributed by atoms with van der Waals surface area (Å²) in [6, 6.07) is 8.23. The lowest BCUT2D eigenvalue weighted by atomic mass is 10.0. The van der Waals surface area contributed by atoms with E-state index in [9.17, 15) is 0 Å². The Morgan fingerprint density at radius 3 is 2.46 bits per heavy atom. The predicted molar refractivity (Wildman–Crippen MR) is 129 cm³/mol. The SMILES string of the molecule is CCN(CC)C(CNC(=NC)NCCCOCCOC)c1ccccc1Cl.I. The molecule has 0 aliphatic carbocycles. The van der Waals surface area contributed by atoms with E-state index in [0.717, 1.165) is 49.1 Å².